The number of methoxy groups -OCH3 is 2. The summed E-state index contributed by atoms with van der Waals surface area (Å²) in [6, 6.07) is 15.1. The van der Waals surface area contributed by atoms with E-state index in [0.717, 1.165) is 72.9 Å². The third-order valence-electron chi connectivity index (χ3n) is 8.91. The molecule has 0 saturated heterocycles. The molecule has 0 N–H and O–H groups in total. The first-order valence-electron chi connectivity index (χ1n) is 14.5. The van der Waals surface area contributed by atoms with Crippen molar-refractivity contribution in [1.29, 1.82) is 0 Å². The number of carbonyl (C=O) groups excluding carboxylic acids is 1. The van der Waals surface area contributed by atoms with Crippen molar-refractivity contribution in [2.45, 2.75) is 71.1 Å². The van der Waals surface area contributed by atoms with Crippen molar-refractivity contribution in [1.82, 2.24) is 4.98 Å². The van der Waals surface area contributed by atoms with Gasteiger partial charge in [-0.2, -0.15) is 0 Å². The van der Waals surface area contributed by atoms with Crippen LogP contribution in [-0.4, -0.2) is 31.7 Å². The Kier molecular flexibility index (Phi) is 8.91. The van der Waals surface area contributed by atoms with Crippen molar-refractivity contribution in [3.8, 4) is 21.4 Å². The fourth-order valence-corrected chi connectivity index (χ4v) is 7.18. The van der Waals surface area contributed by atoms with E-state index in [2.05, 4.69) is 66.2 Å². The molecule has 1 amide bonds. The molecule has 6 heteroatoms. The number of aromatic nitrogens is 1. The Balaban J connectivity index is 1.33. The Morgan fingerprint density at radius 2 is 1.74 bits per heavy atom. The summed E-state index contributed by atoms with van der Waals surface area (Å²) in [5.41, 5.74) is 4.72. The smallest absolute Gasteiger partial charge is 0.273 e. The van der Waals surface area contributed by atoms with Gasteiger partial charge in [0.05, 0.1) is 19.1 Å². The van der Waals surface area contributed by atoms with Gasteiger partial charge in [-0.25, -0.2) is 4.98 Å². The molecule has 3 aromatic rings. The molecule has 0 radical (unpaired) electrons. The van der Waals surface area contributed by atoms with Crippen LogP contribution < -0.4 is 14.4 Å². The highest BCUT2D eigenvalue weighted by Crippen LogP contribution is 2.40. The van der Waals surface area contributed by atoms with Crippen molar-refractivity contribution < 1.29 is 14.3 Å². The lowest BCUT2D eigenvalue weighted by atomic mass is 9.78. The van der Waals surface area contributed by atoms with Crippen molar-refractivity contribution in [3.63, 3.8) is 0 Å². The number of carbonyl (C=O) groups is 1. The number of nitrogens with zero attached hydrogens (tertiary/aromatic N) is 2. The van der Waals surface area contributed by atoms with Gasteiger partial charge in [0.2, 0.25) is 5.91 Å². The highest BCUT2D eigenvalue weighted by atomic mass is 32.1. The first-order valence-corrected chi connectivity index (χ1v) is 15.3. The van der Waals surface area contributed by atoms with Crippen LogP contribution in [-0.2, 0) is 4.79 Å². The van der Waals surface area contributed by atoms with E-state index in [9.17, 15) is 4.79 Å². The van der Waals surface area contributed by atoms with Gasteiger partial charge in [0.25, 0.3) is 5.19 Å². The Hall–Kier alpha value is -2.86. The fraction of sp³-hybridized carbons (Fsp3) is 0.515. The average Bonchev–Trinajstić information content (AvgIpc) is 3.46. The number of rotatable bonds is 8. The quantitative estimate of drug-likeness (QED) is 0.285. The zero-order valence-electron chi connectivity index (χ0n) is 23.8. The maximum atomic E-state index is 14.0. The molecule has 0 unspecified atom stereocenters. The zero-order chi connectivity index (χ0) is 27.4. The summed E-state index contributed by atoms with van der Waals surface area (Å²) in [6.07, 6.45) is 10.8. The molecule has 39 heavy (non-hydrogen) atoms. The molecule has 5 nitrogen and oxygen atoms in total. The Morgan fingerprint density at radius 1 is 0.974 bits per heavy atom. The normalized spacial score (nSPS) is 23.3. The number of thiazole rings is 1. The van der Waals surface area contributed by atoms with Gasteiger partial charge >= 0.3 is 0 Å². The Bertz CT molecular complexity index is 1260. The third-order valence-corrected chi connectivity index (χ3v) is 9.92. The lowest BCUT2D eigenvalue weighted by Crippen LogP contribution is -2.41. The maximum absolute atomic E-state index is 14.0. The van der Waals surface area contributed by atoms with Gasteiger partial charge in [0, 0.05) is 24.3 Å². The molecule has 2 aromatic carbocycles. The molecule has 1 heterocycles. The predicted molar refractivity (Wildman–Crippen MR) is 160 cm³/mol. The zero-order valence-corrected chi connectivity index (χ0v) is 24.6. The number of amides is 1. The van der Waals surface area contributed by atoms with E-state index in [-0.39, 0.29) is 5.92 Å². The number of ether oxygens (including phenoxy) is 2. The van der Waals surface area contributed by atoms with Gasteiger partial charge < -0.3 is 14.4 Å². The summed E-state index contributed by atoms with van der Waals surface area (Å²) < 4.78 is 10.8. The van der Waals surface area contributed by atoms with Crippen LogP contribution in [0.15, 0.2) is 48.7 Å². The highest BCUT2D eigenvalue weighted by molar-refractivity contribution is 7.16. The highest BCUT2D eigenvalue weighted by Gasteiger charge is 2.32. The van der Waals surface area contributed by atoms with E-state index in [0.29, 0.717) is 22.9 Å². The van der Waals surface area contributed by atoms with Crippen molar-refractivity contribution in [3.05, 3.63) is 59.8 Å². The summed E-state index contributed by atoms with van der Waals surface area (Å²) in [5, 5.41) is 0.656. The van der Waals surface area contributed by atoms with Crippen molar-refractivity contribution in [2.24, 2.45) is 17.8 Å². The summed E-state index contributed by atoms with van der Waals surface area (Å²) >= 11 is 1.54. The van der Waals surface area contributed by atoms with Crippen LogP contribution in [0, 0.1) is 24.7 Å². The number of aryl methyl sites for hydroxylation is 1. The molecule has 0 spiro atoms. The largest absolute Gasteiger partial charge is 0.496 e. The standard InChI is InChI=1S/C33H42N2O3S/c1-22-8-12-26(13-9-22)32(36)35(29-7-5-6-28(19-29)31-20-34-33(38-4)39-31)21-24-10-14-25(15-11-24)27-16-17-30(37-3)23(2)18-27/h5-7,16-20,22,24-26H,8-15,21H2,1-4H3/t22-,24-,25-,26-. The van der Waals surface area contributed by atoms with Crippen LogP contribution in [0.2, 0.25) is 0 Å². The second-order valence-corrected chi connectivity index (χ2v) is 12.6. The molecule has 0 atom stereocenters. The number of hydrogen-bond acceptors (Lipinski definition) is 5. The minimum Gasteiger partial charge on any atom is -0.496 e. The Morgan fingerprint density at radius 3 is 2.41 bits per heavy atom. The monoisotopic (exact) mass is 546 g/mol. The molecule has 208 valence electrons. The summed E-state index contributed by atoms with van der Waals surface area (Å²) in [5.74, 6) is 3.22. The number of hydrogen-bond donors (Lipinski definition) is 0. The minimum atomic E-state index is 0.131. The van der Waals surface area contributed by atoms with E-state index in [1.807, 2.05) is 6.20 Å². The Labute approximate surface area is 237 Å². The minimum absolute atomic E-state index is 0.131. The van der Waals surface area contributed by atoms with Crippen molar-refractivity contribution >= 4 is 22.9 Å². The summed E-state index contributed by atoms with van der Waals surface area (Å²) in [7, 11) is 3.38. The van der Waals surface area contributed by atoms with Gasteiger partial charge in [0.15, 0.2) is 0 Å². The average molecular weight is 547 g/mol. The molecule has 1 aromatic heterocycles. The maximum Gasteiger partial charge on any atom is 0.273 e. The van der Waals surface area contributed by atoms with E-state index in [4.69, 9.17) is 9.47 Å². The van der Waals surface area contributed by atoms with Crippen LogP contribution in [0.25, 0.3) is 10.4 Å². The van der Waals surface area contributed by atoms with Gasteiger partial charge in [0.1, 0.15) is 5.75 Å². The summed E-state index contributed by atoms with van der Waals surface area (Å²) in [6.45, 7) is 5.24. The molecule has 2 aliphatic carbocycles. The van der Waals surface area contributed by atoms with Gasteiger partial charge in [-0.15, -0.1) is 0 Å². The second kappa shape index (κ2) is 12.5. The fourth-order valence-electron chi connectivity index (χ4n) is 6.46. The van der Waals surface area contributed by atoms with Gasteiger partial charge in [-0.3, -0.25) is 4.79 Å². The lowest BCUT2D eigenvalue weighted by molar-refractivity contribution is -0.123. The van der Waals surface area contributed by atoms with Crippen LogP contribution in [0.5, 0.6) is 10.9 Å². The first-order chi connectivity index (χ1) is 18.9. The van der Waals surface area contributed by atoms with E-state index >= 15 is 0 Å². The van der Waals surface area contributed by atoms with Crippen LogP contribution in [0.1, 0.15) is 75.3 Å². The van der Waals surface area contributed by atoms with Crippen molar-refractivity contribution in [2.75, 3.05) is 25.7 Å². The molecule has 2 saturated carbocycles. The van der Waals surface area contributed by atoms with Crippen LogP contribution >= 0.6 is 11.3 Å². The predicted octanol–water partition coefficient (Wildman–Crippen LogP) is 8.27. The third kappa shape index (κ3) is 6.49. The van der Waals surface area contributed by atoms with Crippen LogP contribution in [0.4, 0.5) is 5.69 Å². The molecular formula is C33H42N2O3S. The van der Waals surface area contributed by atoms with E-state index < -0.39 is 0 Å². The van der Waals surface area contributed by atoms with E-state index in [1.54, 1.807) is 14.2 Å². The van der Waals surface area contributed by atoms with Gasteiger partial charge in [-0.05, 0) is 111 Å². The van der Waals surface area contributed by atoms with E-state index in [1.165, 1.54) is 35.3 Å². The molecule has 0 bridgehead atoms. The topological polar surface area (TPSA) is 51.7 Å². The molecule has 2 aliphatic rings. The molecular weight excluding hydrogens is 504 g/mol. The van der Waals surface area contributed by atoms with Gasteiger partial charge in [-0.1, -0.05) is 42.5 Å². The number of benzene rings is 2. The van der Waals surface area contributed by atoms with Crippen LogP contribution in [0.3, 0.4) is 0 Å². The molecule has 0 aliphatic heterocycles. The number of anilines is 1. The molecule has 5 rings (SSSR count). The summed E-state index contributed by atoms with van der Waals surface area (Å²) in [4.78, 5) is 21.6. The first kappa shape index (κ1) is 27.7. The lowest BCUT2D eigenvalue weighted by Gasteiger charge is -2.36. The second-order valence-electron chi connectivity index (χ2n) is 11.6. The molecule has 2 fully saturated rings. The SMILES string of the molecule is COc1ncc(-c2cccc(N(C[C@H]3CC[C@H](c4ccc(OC)c(C)c4)CC3)C(=O)[C@H]3CC[C@H](C)CC3)c2)s1.